The first-order valence-electron chi connectivity index (χ1n) is 4.01. The van der Waals surface area contributed by atoms with Gasteiger partial charge in [0.1, 0.15) is 5.82 Å². The molecule has 0 aromatic carbocycles. The zero-order valence-electron chi connectivity index (χ0n) is 8.34. The smallest absolute Gasteiger partial charge is 0.153 e. The molecule has 1 heterocycles. The van der Waals surface area contributed by atoms with E-state index in [0.717, 1.165) is 5.82 Å². The van der Waals surface area contributed by atoms with Crippen molar-refractivity contribution in [2.45, 2.75) is 31.2 Å². The van der Waals surface area contributed by atoms with E-state index < -0.39 is 9.73 Å². The molecule has 0 bridgehead atoms. The third kappa shape index (κ3) is 2.30. The van der Waals surface area contributed by atoms with Gasteiger partial charge in [0.15, 0.2) is 5.03 Å². The first kappa shape index (κ1) is 10.2. The molecule has 13 heavy (non-hydrogen) atoms. The minimum atomic E-state index is -2.68. The van der Waals surface area contributed by atoms with Crippen LogP contribution >= 0.6 is 0 Å². The molecule has 0 radical (unpaired) electrons. The number of nitrogens with one attached hydrogen (secondary N) is 2. The van der Waals surface area contributed by atoms with E-state index in [0.29, 0.717) is 5.03 Å². The van der Waals surface area contributed by atoms with E-state index in [1.165, 1.54) is 6.26 Å². The summed E-state index contributed by atoms with van der Waals surface area (Å²) in [5.74, 6) is 0.768. The van der Waals surface area contributed by atoms with Gasteiger partial charge >= 0.3 is 0 Å². The zero-order valence-corrected chi connectivity index (χ0v) is 9.16. The Balaban J connectivity index is 3.16. The van der Waals surface area contributed by atoms with Gasteiger partial charge in [0.2, 0.25) is 0 Å². The highest BCUT2D eigenvalue weighted by atomic mass is 32.2. The summed E-state index contributed by atoms with van der Waals surface area (Å²) in [6.45, 7) is 6.03. The summed E-state index contributed by atoms with van der Waals surface area (Å²) in [5.41, 5.74) is -0.0943. The molecular weight excluding hydrogens is 186 g/mol. The third-order valence-corrected chi connectivity index (χ3v) is 2.67. The average molecular weight is 201 g/mol. The molecule has 0 fully saturated rings. The van der Waals surface area contributed by atoms with Crippen molar-refractivity contribution >= 4 is 9.73 Å². The summed E-state index contributed by atoms with van der Waals surface area (Å²) < 4.78 is 18.6. The maximum absolute atomic E-state index is 11.3. The fourth-order valence-electron chi connectivity index (χ4n) is 0.889. The highest BCUT2D eigenvalue weighted by Gasteiger charge is 2.19. The van der Waals surface area contributed by atoms with Crippen LogP contribution in [0.4, 0.5) is 0 Å². The number of nitrogens with zero attached hydrogens (tertiary/aromatic N) is 1. The second-order valence-electron chi connectivity index (χ2n) is 4.18. The molecule has 0 saturated carbocycles. The summed E-state index contributed by atoms with van der Waals surface area (Å²) in [4.78, 5) is 7.08. The van der Waals surface area contributed by atoms with Crippen molar-refractivity contribution in [3.63, 3.8) is 0 Å². The topological polar surface area (TPSA) is 69.6 Å². The normalized spacial score (nSPS) is 16.9. The molecule has 0 saturated heterocycles. The van der Waals surface area contributed by atoms with Gasteiger partial charge in [-0.2, -0.15) is 0 Å². The summed E-state index contributed by atoms with van der Waals surface area (Å²) in [5, 5.41) is 0.331. The van der Waals surface area contributed by atoms with Gasteiger partial charge in [-0.1, -0.05) is 20.8 Å². The number of aromatic nitrogens is 2. The van der Waals surface area contributed by atoms with E-state index >= 15 is 0 Å². The van der Waals surface area contributed by atoms with Crippen LogP contribution in [0, 0.1) is 4.78 Å². The quantitative estimate of drug-likeness (QED) is 0.726. The van der Waals surface area contributed by atoms with Gasteiger partial charge < -0.3 is 4.98 Å². The molecule has 1 aromatic rings. The fourth-order valence-corrected chi connectivity index (χ4v) is 1.44. The van der Waals surface area contributed by atoms with Crippen molar-refractivity contribution in [2.24, 2.45) is 0 Å². The van der Waals surface area contributed by atoms with Crippen LogP contribution in [0.15, 0.2) is 11.2 Å². The Labute approximate surface area is 78.8 Å². The number of aromatic amines is 1. The van der Waals surface area contributed by atoms with E-state index in [9.17, 15) is 4.21 Å². The molecule has 1 atom stereocenters. The molecule has 4 nitrogen and oxygen atoms in total. The summed E-state index contributed by atoms with van der Waals surface area (Å²) >= 11 is 0. The van der Waals surface area contributed by atoms with E-state index in [1.54, 1.807) is 6.20 Å². The van der Waals surface area contributed by atoms with E-state index in [1.807, 2.05) is 20.8 Å². The second-order valence-corrected chi connectivity index (χ2v) is 6.29. The predicted octanol–water partition coefficient (Wildman–Crippen LogP) is 1.74. The van der Waals surface area contributed by atoms with Crippen LogP contribution in [0.3, 0.4) is 0 Å². The van der Waals surface area contributed by atoms with Gasteiger partial charge in [0, 0.05) is 17.9 Å². The largest absolute Gasteiger partial charge is 0.347 e. The van der Waals surface area contributed by atoms with Gasteiger partial charge in [-0.25, -0.2) is 14.0 Å². The van der Waals surface area contributed by atoms with Gasteiger partial charge in [-0.15, -0.1) is 0 Å². The summed E-state index contributed by atoms with van der Waals surface area (Å²) in [6.07, 6.45) is 2.92. The third-order valence-electron chi connectivity index (χ3n) is 1.66. The summed E-state index contributed by atoms with van der Waals surface area (Å²) in [6, 6.07) is 0. The maximum atomic E-state index is 11.3. The van der Waals surface area contributed by atoms with Gasteiger partial charge in [-0.3, -0.25) is 0 Å². The van der Waals surface area contributed by atoms with Crippen LogP contribution in [0.1, 0.15) is 26.6 Å². The van der Waals surface area contributed by atoms with E-state index in [2.05, 4.69) is 9.97 Å². The highest BCUT2D eigenvalue weighted by molar-refractivity contribution is 7.91. The van der Waals surface area contributed by atoms with Gasteiger partial charge in [0.05, 0.1) is 9.73 Å². The van der Waals surface area contributed by atoms with Crippen molar-refractivity contribution in [3.8, 4) is 0 Å². The second kappa shape index (κ2) is 2.83. The molecule has 0 aliphatic rings. The molecule has 2 N–H and O–H groups in total. The van der Waals surface area contributed by atoms with Gasteiger partial charge in [0.25, 0.3) is 0 Å². The zero-order chi connectivity index (χ0) is 10.3. The number of rotatable bonds is 1. The molecule has 1 rings (SSSR count). The molecule has 0 aliphatic heterocycles. The molecule has 0 amide bonds. The Morgan fingerprint density at radius 2 is 2.08 bits per heavy atom. The van der Waals surface area contributed by atoms with Crippen LogP contribution in [0.2, 0.25) is 0 Å². The van der Waals surface area contributed by atoms with Crippen molar-refractivity contribution in [1.29, 1.82) is 4.78 Å². The number of hydrogen-bond acceptors (Lipinski definition) is 3. The monoisotopic (exact) mass is 201 g/mol. The number of hydrogen-bond donors (Lipinski definition) is 2. The molecule has 1 unspecified atom stereocenters. The van der Waals surface area contributed by atoms with Gasteiger partial charge in [-0.05, 0) is 0 Å². The van der Waals surface area contributed by atoms with Crippen LogP contribution in [-0.4, -0.2) is 20.4 Å². The number of imidazole rings is 1. The Bertz CT molecular complexity index is 397. The Kier molecular flexibility index (Phi) is 2.23. The van der Waals surface area contributed by atoms with Crippen molar-refractivity contribution in [1.82, 2.24) is 9.97 Å². The van der Waals surface area contributed by atoms with Crippen molar-refractivity contribution in [2.75, 3.05) is 6.26 Å². The van der Waals surface area contributed by atoms with E-state index in [4.69, 9.17) is 4.78 Å². The first-order chi connectivity index (χ1) is 5.71. The number of H-pyrrole nitrogens is 1. The first-order valence-corrected chi connectivity index (χ1v) is 5.97. The van der Waals surface area contributed by atoms with Crippen molar-refractivity contribution in [3.05, 3.63) is 12.0 Å². The predicted molar refractivity (Wildman–Crippen MR) is 52.3 cm³/mol. The Morgan fingerprint density at radius 3 is 2.31 bits per heavy atom. The highest BCUT2D eigenvalue weighted by Crippen LogP contribution is 2.19. The standard InChI is InChI=1S/C8H15N3OS/c1-8(2,3)7-10-5-6(11-7)13(4,9)12/h5,9H,1-4H3,(H,10,11). The molecular formula is C8H15N3OS. The van der Waals surface area contributed by atoms with Crippen LogP contribution in [0.5, 0.6) is 0 Å². The average Bonchev–Trinajstić information content (AvgIpc) is 2.28. The minimum absolute atomic E-state index is 0.0943. The molecule has 1 aromatic heterocycles. The molecule has 74 valence electrons. The van der Waals surface area contributed by atoms with Crippen LogP contribution in [-0.2, 0) is 15.1 Å². The maximum Gasteiger partial charge on any atom is 0.153 e. The Hall–Kier alpha value is -0.840. The molecule has 0 aliphatic carbocycles. The lowest BCUT2D eigenvalue weighted by Gasteiger charge is -2.13. The lowest BCUT2D eigenvalue weighted by atomic mass is 9.96. The lowest BCUT2D eigenvalue weighted by molar-refractivity contribution is 0.549. The van der Waals surface area contributed by atoms with Crippen LogP contribution in [0.25, 0.3) is 0 Å². The SMILES string of the molecule is CC(C)(C)c1nc(S(C)(=N)=O)c[nH]1. The fraction of sp³-hybridized carbons (Fsp3) is 0.625. The summed E-state index contributed by atoms with van der Waals surface area (Å²) in [7, 11) is -2.68. The molecule has 5 heteroatoms. The molecule has 0 spiro atoms. The van der Waals surface area contributed by atoms with E-state index in [-0.39, 0.29) is 5.41 Å². The minimum Gasteiger partial charge on any atom is -0.347 e. The lowest BCUT2D eigenvalue weighted by Crippen LogP contribution is -2.13. The van der Waals surface area contributed by atoms with Crippen LogP contribution < -0.4 is 0 Å². The van der Waals surface area contributed by atoms with Crippen molar-refractivity contribution < 1.29 is 4.21 Å². The Morgan fingerprint density at radius 1 is 1.54 bits per heavy atom.